The Morgan fingerprint density at radius 2 is 1.76 bits per heavy atom. The van der Waals surface area contributed by atoms with Gasteiger partial charge in [0.2, 0.25) is 0 Å². The van der Waals surface area contributed by atoms with Gasteiger partial charge in [-0.25, -0.2) is 0 Å². The normalized spacial score (nSPS) is 28.3. The van der Waals surface area contributed by atoms with Gasteiger partial charge in [0, 0.05) is 25.2 Å². The van der Waals surface area contributed by atoms with E-state index in [1.165, 1.54) is 0 Å². The quantitative estimate of drug-likeness (QED) is 0.766. The maximum Gasteiger partial charge on any atom is 0.402 e. The molecule has 1 heterocycles. The molecule has 0 radical (unpaired) electrons. The molecule has 17 heavy (non-hydrogen) atoms. The highest BCUT2D eigenvalue weighted by Crippen LogP contribution is 2.17. The van der Waals surface area contributed by atoms with Crippen molar-refractivity contribution in [3.63, 3.8) is 0 Å². The minimum absolute atomic E-state index is 0.371. The Bertz CT molecular complexity index is 348. The Hall–Kier alpha value is -0.380. The average Bonchev–Trinajstić information content (AvgIpc) is 2.13. The van der Waals surface area contributed by atoms with Crippen molar-refractivity contribution in [1.82, 2.24) is 14.3 Å². The monoisotopic (exact) mass is 275 g/mol. The molecule has 1 fully saturated rings. The molecule has 2 unspecified atom stereocenters. The van der Waals surface area contributed by atoms with Gasteiger partial charge in [0.05, 0.1) is 0 Å². The van der Waals surface area contributed by atoms with E-state index in [0.717, 1.165) is 4.31 Å². The van der Waals surface area contributed by atoms with Crippen molar-refractivity contribution in [2.45, 2.75) is 32.1 Å². The Morgan fingerprint density at radius 3 is 2.18 bits per heavy atom. The van der Waals surface area contributed by atoms with Crippen molar-refractivity contribution < 1.29 is 21.6 Å². The van der Waals surface area contributed by atoms with Crippen LogP contribution in [0.25, 0.3) is 0 Å². The lowest BCUT2D eigenvalue weighted by Gasteiger charge is -2.38. The van der Waals surface area contributed by atoms with Crippen LogP contribution in [-0.2, 0) is 10.2 Å². The Kier molecular flexibility index (Phi) is 4.39. The predicted molar refractivity (Wildman–Crippen MR) is 56.6 cm³/mol. The highest BCUT2D eigenvalue weighted by atomic mass is 32.2. The Labute approximate surface area is 98.5 Å². The molecule has 0 aromatic carbocycles. The fraction of sp³-hybridized carbons (Fsp3) is 1.00. The van der Waals surface area contributed by atoms with Crippen molar-refractivity contribution in [3.05, 3.63) is 0 Å². The summed E-state index contributed by atoms with van der Waals surface area (Å²) in [6, 6.07) is -0.742. The van der Waals surface area contributed by atoms with Crippen LogP contribution in [0.4, 0.5) is 13.2 Å². The molecule has 1 saturated heterocycles. The molecule has 1 rings (SSSR count). The molecule has 0 aromatic rings. The first kappa shape index (κ1) is 14.7. The summed E-state index contributed by atoms with van der Waals surface area (Å²) in [4.78, 5) is 0. The third-order valence-corrected chi connectivity index (χ3v) is 4.26. The van der Waals surface area contributed by atoms with Crippen LogP contribution in [0.5, 0.6) is 0 Å². The van der Waals surface area contributed by atoms with Gasteiger partial charge in [-0.1, -0.05) is 0 Å². The fourth-order valence-electron chi connectivity index (χ4n) is 1.84. The molecule has 0 saturated carbocycles. The smallest absolute Gasteiger partial charge is 0.314 e. The summed E-state index contributed by atoms with van der Waals surface area (Å²) in [6.07, 6.45) is -4.55. The molecule has 0 bridgehead atoms. The summed E-state index contributed by atoms with van der Waals surface area (Å²) in [6.45, 7) is 2.61. The van der Waals surface area contributed by atoms with Gasteiger partial charge in [0.1, 0.15) is 6.54 Å². The van der Waals surface area contributed by atoms with Crippen LogP contribution in [0.3, 0.4) is 0 Å². The molecule has 5 nitrogen and oxygen atoms in total. The molecule has 1 aliphatic heterocycles. The molecule has 0 amide bonds. The van der Waals surface area contributed by atoms with Crippen molar-refractivity contribution >= 4 is 10.2 Å². The zero-order valence-electron chi connectivity index (χ0n) is 9.58. The topological polar surface area (TPSA) is 61.4 Å². The zero-order valence-corrected chi connectivity index (χ0v) is 10.4. The summed E-state index contributed by atoms with van der Waals surface area (Å²) in [5.74, 6) is 0. The second-order valence-corrected chi connectivity index (χ2v) is 5.79. The highest BCUT2D eigenvalue weighted by Gasteiger charge is 2.37. The van der Waals surface area contributed by atoms with Gasteiger partial charge < -0.3 is 5.32 Å². The summed E-state index contributed by atoms with van der Waals surface area (Å²) in [7, 11) is -4.09. The number of nitrogens with one attached hydrogen (secondary N) is 2. The molecular formula is C8H16F3N3O2S. The fourth-order valence-corrected chi connectivity index (χ4v) is 3.43. The maximum absolute atomic E-state index is 12.0. The lowest BCUT2D eigenvalue weighted by molar-refractivity contribution is -0.121. The lowest BCUT2D eigenvalue weighted by Crippen LogP contribution is -2.60. The lowest BCUT2D eigenvalue weighted by atomic mass is 10.2. The van der Waals surface area contributed by atoms with E-state index < -0.39 is 22.9 Å². The van der Waals surface area contributed by atoms with Gasteiger partial charge in [-0.3, -0.25) is 0 Å². The standard InChI is InChI=1S/C8H16F3N3O2S/c1-6-3-12-4-7(2)14(6)17(15,16)13-5-8(9,10)11/h6-7,12-13H,3-5H2,1-2H3. The van der Waals surface area contributed by atoms with E-state index in [1.807, 2.05) is 0 Å². The summed E-state index contributed by atoms with van der Waals surface area (Å²) >= 11 is 0. The van der Waals surface area contributed by atoms with Gasteiger partial charge in [-0.15, -0.1) is 0 Å². The van der Waals surface area contributed by atoms with Gasteiger partial charge in [0.25, 0.3) is 10.2 Å². The number of rotatable bonds is 3. The van der Waals surface area contributed by atoms with Crippen LogP contribution in [0.2, 0.25) is 0 Å². The Balaban J connectivity index is 2.74. The van der Waals surface area contributed by atoms with Crippen molar-refractivity contribution in [2.75, 3.05) is 19.6 Å². The number of nitrogens with zero attached hydrogens (tertiary/aromatic N) is 1. The third-order valence-electron chi connectivity index (χ3n) is 2.48. The second kappa shape index (κ2) is 5.09. The van der Waals surface area contributed by atoms with Crippen molar-refractivity contribution in [1.29, 1.82) is 0 Å². The number of hydrogen-bond acceptors (Lipinski definition) is 3. The number of halogens is 3. The number of alkyl halides is 3. The molecule has 2 atom stereocenters. The van der Waals surface area contributed by atoms with Crippen LogP contribution in [0.1, 0.15) is 13.8 Å². The van der Waals surface area contributed by atoms with E-state index in [4.69, 9.17) is 0 Å². The van der Waals surface area contributed by atoms with Crippen molar-refractivity contribution in [3.8, 4) is 0 Å². The first-order valence-electron chi connectivity index (χ1n) is 5.19. The largest absolute Gasteiger partial charge is 0.402 e. The minimum Gasteiger partial charge on any atom is -0.314 e. The van der Waals surface area contributed by atoms with Crippen LogP contribution >= 0.6 is 0 Å². The maximum atomic E-state index is 12.0. The van der Waals surface area contributed by atoms with E-state index in [1.54, 1.807) is 18.6 Å². The molecule has 0 spiro atoms. The molecule has 102 valence electrons. The Morgan fingerprint density at radius 1 is 1.29 bits per heavy atom. The van der Waals surface area contributed by atoms with Gasteiger partial charge >= 0.3 is 6.18 Å². The average molecular weight is 275 g/mol. The van der Waals surface area contributed by atoms with Gasteiger partial charge in [0.15, 0.2) is 0 Å². The third kappa shape index (κ3) is 4.09. The molecule has 0 aromatic heterocycles. The zero-order chi connectivity index (χ0) is 13.3. The molecule has 9 heteroatoms. The van der Waals surface area contributed by atoms with Gasteiger partial charge in [-0.2, -0.15) is 30.6 Å². The minimum atomic E-state index is -4.55. The summed E-state index contributed by atoms with van der Waals surface area (Å²) in [5, 5.41) is 3.00. The highest BCUT2D eigenvalue weighted by molar-refractivity contribution is 7.87. The molecule has 0 aliphatic carbocycles. The first-order valence-corrected chi connectivity index (χ1v) is 6.63. The van der Waals surface area contributed by atoms with E-state index in [2.05, 4.69) is 5.32 Å². The predicted octanol–water partition coefficient (Wildman–Crippen LogP) is 0.0653. The second-order valence-electron chi connectivity index (χ2n) is 4.13. The van der Waals surface area contributed by atoms with E-state index in [9.17, 15) is 21.6 Å². The van der Waals surface area contributed by atoms with E-state index in [0.29, 0.717) is 13.1 Å². The number of piperazine rings is 1. The summed E-state index contributed by atoms with van der Waals surface area (Å²) < 4.78 is 62.1. The SMILES string of the molecule is CC1CNCC(C)N1S(=O)(=O)NCC(F)(F)F. The first-order chi connectivity index (χ1) is 7.63. The molecular weight excluding hydrogens is 259 g/mol. The van der Waals surface area contributed by atoms with Crippen molar-refractivity contribution in [2.24, 2.45) is 0 Å². The van der Waals surface area contributed by atoms with E-state index >= 15 is 0 Å². The number of hydrogen-bond donors (Lipinski definition) is 2. The van der Waals surface area contributed by atoms with E-state index in [-0.39, 0.29) is 12.1 Å². The molecule has 2 N–H and O–H groups in total. The van der Waals surface area contributed by atoms with Crippen LogP contribution in [-0.4, -0.2) is 50.6 Å². The van der Waals surface area contributed by atoms with Crippen LogP contribution in [0, 0.1) is 0 Å². The van der Waals surface area contributed by atoms with Gasteiger partial charge in [-0.05, 0) is 13.8 Å². The molecule has 1 aliphatic rings. The summed E-state index contributed by atoms with van der Waals surface area (Å²) in [5.41, 5.74) is 0. The van der Waals surface area contributed by atoms with Crippen LogP contribution < -0.4 is 10.0 Å². The van der Waals surface area contributed by atoms with Crippen LogP contribution in [0.15, 0.2) is 0 Å².